The third-order valence-electron chi connectivity index (χ3n) is 7.39. The summed E-state index contributed by atoms with van der Waals surface area (Å²) in [6.45, 7) is 20.9. The van der Waals surface area contributed by atoms with Crippen molar-refractivity contribution in [2.75, 3.05) is 43.3 Å². The van der Waals surface area contributed by atoms with E-state index in [0.29, 0.717) is 31.3 Å². The van der Waals surface area contributed by atoms with Crippen LogP contribution >= 0.6 is 0 Å². The van der Waals surface area contributed by atoms with E-state index in [9.17, 15) is 9.59 Å². The van der Waals surface area contributed by atoms with Gasteiger partial charge in [-0.2, -0.15) is 5.10 Å². The predicted octanol–water partition coefficient (Wildman–Crippen LogP) is 4.80. The molecule has 1 aromatic rings. The Bertz CT molecular complexity index is 1120. The lowest BCUT2D eigenvalue weighted by Gasteiger charge is -2.53. The van der Waals surface area contributed by atoms with E-state index in [1.54, 1.807) is 4.90 Å². The van der Waals surface area contributed by atoms with Gasteiger partial charge in [0.05, 0.1) is 11.2 Å². The maximum atomic E-state index is 13.2. The van der Waals surface area contributed by atoms with Crippen molar-refractivity contribution in [1.82, 2.24) is 9.91 Å². The second-order valence-electron chi connectivity index (χ2n) is 13.4. The number of nitrogens with zero attached hydrogens (tertiary/aromatic N) is 4. The maximum Gasteiger partial charge on any atom is 0.410 e. The zero-order valence-electron chi connectivity index (χ0n) is 25.0. The molecule has 216 valence electrons. The molecule has 1 atom stereocenters. The number of ether oxygens (including phenoxy) is 3. The van der Waals surface area contributed by atoms with Crippen LogP contribution in [0.2, 0.25) is 25.7 Å². The number of amides is 2. The number of nitrogens with one attached hydrogen (secondary N) is 1. The number of hydrogen-bond acceptors (Lipinski definition) is 8. The van der Waals surface area contributed by atoms with Crippen molar-refractivity contribution in [3.8, 4) is 5.75 Å². The Kier molecular flexibility index (Phi) is 7.97. The molecule has 3 aliphatic heterocycles. The molecule has 0 aromatic heterocycles. The minimum absolute atomic E-state index is 0.108. The summed E-state index contributed by atoms with van der Waals surface area (Å²) in [4.78, 5) is 29.5. The van der Waals surface area contributed by atoms with E-state index in [2.05, 4.69) is 43.9 Å². The highest BCUT2D eigenvalue weighted by atomic mass is 28.3. The van der Waals surface area contributed by atoms with Gasteiger partial charge >= 0.3 is 6.09 Å². The van der Waals surface area contributed by atoms with Crippen molar-refractivity contribution in [3.05, 3.63) is 18.2 Å². The molecule has 10 nitrogen and oxygen atoms in total. The summed E-state index contributed by atoms with van der Waals surface area (Å²) in [7, 11) is -1.21. The second kappa shape index (κ2) is 10.6. The van der Waals surface area contributed by atoms with E-state index in [4.69, 9.17) is 14.2 Å². The van der Waals surface area contributed by atoms with E-state index in [-0.39, 0.29) is 36.8 Å². The van der Waals surface area contributed by atoms with Crippen molar-refractivity contribution in [3.63, 3.8) is 0 Å². The van der Waals surface area contributed by atoms with Gasteiger partial charge < -0.3 is 29.3 Å². The first-order valence-electron chi connectivity index (χ1n) is 13.9. The number of likely N-dealkylation sites (tertiary alicyclic amines) is 1. The SMILES string of the molecule is CC1C(=O)N(COCC[Si](C)(C)C)N=C2COc3ccc(NC4(C(C)C)CN(C(=O)OC(C)(C)C)C4)cc3N21. The number of benzene rings is 1. The third-order valence-corrected chi connectivity index (χ3v) is 9.10. The van der Waals surface area contributed by atoms with Crippen molar-refractivity contribution in [2.45, 2.75) is 84.4 Å². The summed E-state index contributed by atoms with van der Waals surface area (Å²) in [5.74, 6) is 1.55. The van der Waals surface area contributed by atoms with Gasteiger partial charge in [-0.05, 0) is 57.9 Å². The summed E-state index contributed by atoms with van der Waals surface area (Å²) in [6.07, 6.45) is -0.296. The van der Waals surface area contributed by atoms with Crippen LogP contribution in [0.15, 0.2) is 23.3 Å². The Morgan fingerprint density at radius 2 is 1.95 bits per heavy atom. The maximum absolute atomic E-state index is 13.2. The minimum atomic E-state index is -1.21. The summed E-state index contributed by atoms with van der Waals surface area (Å²) in [5, 5.41) is 9.70. The van der Waals surface area contributed by atoms with E-state index < -0.39 is 19.7 Å². The number of hydrazone groups is 1. The Balaban J connectivity index is 1.48. The van der Waals surface area contributed by atoms with Gasteiger partial charge in [0, 0.05) is 33.5 Å². The van der Waals surface area contributed by atoms with Gasteiger partial charge in [-0.3, -0.25) is 4.79 Å². The molecule has 0 aliphatic carbocycles. The lowest BCUT2D eigenvalue weighted by atomic mass is 9.79. The van der Waals surface area contributed by atoms with Gasteiger partial charge in [0.1, 0.15) is 30.7 Å². The van der Waals surface area contributed by atoms with Crippen LogP contribution in [0, 0.1) is 5.92 Å². The molecule has 1 fully saturated rings. The van der Waals surface area contributed by atoms with E-state index in [1.807, 2.05) is 50.8 Å². The standard InChI is InChI=1S/C28H45N5O5Si/c1-19(2)28(16-31(17-28)26(35)38-27(4,5)6)29-21-10-11-23-22(14-21)33-20(3)25(34)32(30-24(33)15-37-23)18-36-12-13-39(7,8)9/h10-11,14,19-20,29H,12-13,15-18H2,1-9H3. The molecular weight excluding hydrogens is 514 g/mol. The quantitative estimate of drug-likeness (QED) is 0.361. The smallest absolute Gasteiger partial charge is 0.410 e. The van der Waals surface area contributed by atoms with Gasteiger partial charge in [0.15, 0.2) is 5.84 Å². The molecule has 0 radical (unpaired) electrons. The van der Waals surface area contributed by atoms with Crippen molar-refractivity contribution < 1.29 is 23.8 Å². The van der Waals surface area contributed by atoms with Crippen LogP contribution < -0.4 is 15.0 Å². The fourth-order valence-corrected chi connectivity index (χ4v) is 5.63. The molecule has 3 aliphatic rings. The summed E-state index contributed by atoms with van der Waals surface area (Å²) in [5.41, 5.74) is 0.877. The highest BCUT2D eigenvalue weighted by Crippen LogP contribution is 2.40. The Morgan fingerprint density at radius 1 is 1.26 bits per heavy atom. The van der Waals surface area contributed by atoms with Gasteiger partial charge in [-0.1, -0.05) is 33.5 Å². The lowest BCUT2D eigenvalue weighted by molar-refractivity contribution is -0.138. The molecule has 2 amide bonds. The first kappa shape index (κ1) is 29.2. The van der Waals surface area contributed by atoms with Crippen molar-refractivity contribution in [1.29, 1.82) is 0 Å². The number of amidine groups is 1. The summed E-state index contributed by atoms with van der Waals surface area (Å²) in [6, 6.07) is 6.51. The van der Waals surface area contributed by atoms with Crippen LogP contribution in [0.5, 0.6) is 5.75 Å². The van der Waals surface area contributed by atoms with Crippen LogP contribution in [-0.4, -0.2) is 86.0 Å². The van der Waals surface area contributed by atoms with Gasteiger partial charge in [-0.15, -0.1) is 0 Å². The molecule has 0 spiro atoms. The first-order chi connectivity index (χ1) is 18.1. The average molecular weight is 560 g/mol. The average Bonchev–Trinajstić information content (AvgIpc) is 2.79. The largest absolute Gasteiger partial charge is 0.483 e. The van der Waals surface area contributed by atoms with Gasteiger partial charge in [0.2, 0.25) is 0 Å². The van der Waals surface area contributed by atoms with Crippen LogP contribution in [0.3, 0.4) is 0 Å². The molecule has 1 saturated heterocycles. The summed E-state index contributed by atoms with van der Waals surface area (Å²) < 4.78 is 17.4. The zero-order chi connectivity index (χ0) is 28.8. The van der Waals surface area contributed by atoms with E-state index in [1.165, 1.54) is 5.01 Å². The molecule has 1 N–H and O–H groups in total. The minimum Gasteiger partial charge on any atom is -0.483 e. The Morgan fingerprint density at radius 3 is 2.56 bits per heavy atom. The number of fused-ring (bicyclic) bond motifs is 3. The molecule has 0 saturated carbocycles. The fraction of sp³-hybridized carbons (Fsp3) is 0.679. The number of carbonyl (C=O) groups is 2. The topological polar surface area (TPSA) is 95.9 Å². The van der Waals surface area contributed by atoms with Crippen molar-refractivity contribution in [2.24, 2.45) is 11.0 Å². The zero-order valence-corrected chi connectivity index (χ0v) is 26.0. The molecule has 1 aromatic carbocycles. The Hall–Kier alpha value is -2.79. The molecule has 3 heterocycles. The number of carbonyl (C=O) groups excluding carboxylic acids is 2. The number of rotatable bonds is 8. The molecule has 0 bridgehead atoms. The van der Waals surface area contributed by atoms with E-state index >= 15 is 0 Å². The number of hydrogen-bond donors (Lipinski definition) is 1. The highest BCUT2D eigenvalue weighted by molar-refractivity contribution is 6.76. The molecular formula is C28H45N5O5Si. The first-order valence-corrected chi connectivity index (χ1v) is 17.6. The van der Waals surface area contributed by atoms with E-state index in [0.717, 1.165) is 17.4 Å². The molecule has 11 heteroatoms. The normalized spacial score (nSPS) is 20.6. The van der Waals surface area contributed by atoms with Crippen LogP contribution in [0.4, 0.5) is 16.2 Å². The Labute approximate surface area is 233 Å². The van der Waals surface area contributed by atoms with Gasteiger partial charge in [0.25, 0.3) is 5.91 Å². The summed E-state index contributed by atoms with van der Waals surface area (Å²) >= 11 is 0. The van der Waals surface area contributed by atoms with Crippen LogP contribution in [0.1, 0.15) is 41.5 Å². The molecule has 4 rings (SSSR count). The van der Waals surface area contributed by atoms with Crippen LogP contribution in [-0.2, 0) is 14.3 Å². The molecule has 39 heavy (non-hydrogen) atoms. The third kappa shape index (κ3) is 6.51. The van der Waals surface area contributed by atoms with Crippen LogP contribution in [0.25, 0.3) is 0 Å². The molecule has 1 unspecified atom stereocenters. The second-order valence-corrected chi connectivity index (χ2v) is 19.0. The van der Waals surface area contributed by atoms with Gasteiger partial charge in [-0.25, -0.2) is 9.80 Å². The predicted molar refractivity (Wildman–Crippen MR) is 156 cm³/mol. The highest BCUT2D eigenvalue weighted by Gasteiger charge is 2.49. The monoisotopic (exact) mass is 559 g/mol. The number of anilines is 2. The van der Waals surface area contributed by atoms with Crippen molar-refractivity contribution >= 4 is 37.3 Å². The fourth-order valence-electron chi connectivity index (χ4n) is 4.87. The lowest BCUT2D eigenvalue weighted by Crippen LogP contribution is -2.70.